The molecule has 2 aliphatic carbocycles. The largest absolute Gasteiger partial charge is 0.405 e. The van der Waals surface area contributed by atoms with Crippen molar-refractivity contribution in [3.05, 3.63) is 96.5 Å². The fraction of sp³-hybridized carbons (Fsp3) is 0.548. The summed E-state index contributed by atoms with van der Waals surface area (Å²) in [6, 6.07) is 0.444. The molecule has 1 saturated carbocycles. The van der Waals surface area contributed by atoms with Crippen LogP contribution in [0.3, 0.4) is 0 Å². The standard InChI is InChI=1S/C33H51N3.C7H12.C2H5N/c1-7-10-23-35-27(5)15-12-19-33(29(9-3)16-13-18-32(34)31-20-21-31)36(24-8-2)25-22-30-17-11-14-26(4)28(30)6;1-4-5-6-7(2)3;1-2-3/h3,11-13,16-17,19,26-27,31,34-35H,7-8,10,14-15,18,20-25H2,1-2,4-6H3;4H,1-2,5-6H2,3H3;2H,1,3H2/b16-13+,19-12-,33-29-,34-32?;;. The number of hydrogen-bond acceptors (Lipinski definition) is 4. The molecule has 0 amide bonds. The molecule has 0 aromatic heterocycles. The first-order valence-electron chi connectivity index (χ1n) is 17.6. The molecule has 0 aromatic rings. The van der Waals surface area contributed by atoms with E-state index in [0.29, 0.717) is 24.3 Å². The van der Waals surface area contributed by atoms with E-state index in [9.17, 15) is 0 Å². The van der Waals surface area contributed by atoms with Crippen LogP contribution in [0, 0.1) is 29.6 Å². The highest BCUT2D eigenvalue weighted by atomic mass is 15.1. The summed E-state index contributed by atoms with van der Waals surface area (Å²) in [6.07, 6.45) is 34.5. The van der Waals surface area contributed by atoms with Crippen LogP contribution in [0.25, 0.3) is 0 Å². The Morgan fingerprint density at radius 1 is 1.20 bits per heavy atom. The Bertz CT molecular complexity index is 1100. The second kappa shape index (κ2) is 26.9. The van der Waals surface area contributed by atoms with Gasteiger partial charge in [-0.15, -0.1) is 19.6 Å². The Labute approximate surface area is 285 Å². The lowest BCUT2D eigenvalue weighted by Crippen LogP contribution is -2.27. The van der Waals surface area contributed by atoms with Crippen LogP contribution in [0.1, 0.15) is 112 Å². The van der Waals surface area contributed by atoms with Gasteiger partial charge in [0.05, 0.1) is 5.70 Å². The van der Waals surface area contributed by atoms with Crippen molar-refractivity contribution in [1.29, 1.82) is 5.41 Å². The molecule has 0 bridgehead atoms. The lowest BCUT2D eigenvalue weighted by atomic mass is 9.88. The highest BCUT2D eigenvalue weighted by molar-refractivity contribution is 5.87. The summed E-state index contributed by atoms with van der Waals surface area (Å²) in [5.74, 6) is 4.12. The van der Waals surface area contributed by atoms with Crippen molar-refractivity contribution < 1.29 is 0 Å². The Kier molecular flexibility index (Phi) is 25.0. The van der Waals surface area contributed by atoms with Crippen LogP contribution in [0.2, 0.25) is 0 Å². The van der Waals surface area contributed by atoms with E-state index in [4.69, 9.17) is 11.8 Å². The molecule has 4 nitrogen and oxygen atoms in total. The van der Waals surface area contributed by atoms with E-state index in [0.717, 1.165) is 75.1 Å². The summed E-state index contributed by atoms with van der Waals surface area (Å²) in [7, 11) is 0. The van der Waals surface area contributed by atoms with Crippen LogP contribution in [-0.4, -0.2) is 36.3 Å². The van der Waals surface area contributed by atoms with Gasteiger partial charge < -0.3 is 21.4 Å². The third kappa shape index (κ3) is 20.0. The van der Waals surface area contributed by atoms with Crippen LogP contribution in [0.4, 0.5) is 0 Å². The molecule has 0 aromatic carbocycles. The number of terminal acetylenes is 1. The van der Waals surface area contributed by atoms with Gasteiger partial charge in [-0.2, -0.15) is 0 Å². The van der Waals surface area contributed by atoms with Crippen molar-refractivity contribution in [3.63, 3.8) is 0 Å². The van der Waals surface area contributed by atoms with E-state index in [1.165, 1.54) is 48.6 Å². The van der Waals surface area contributed by atoms with Crippen molar-refractivity contribution in [2.75, 3.05) is 19.6 Å². The van der Waals surface area contributed by atoms with Gasteiger partial charge in [-0.3, -0.25) is 0 Å². The SMILES string of the molecule is C#CC(/C=C/CC(=N)C1CC1)=C(\C=C/CC(C)NCCCC)N(CCC)CCC1=C(C)C(C)CC=C1.C=CCCC(=C)C.C=CN. The number of unbranched alkanes of at least 4 members (excludes halogenated alkanes) is 1. The summed E-state index contributed by atoms with van der Waals surface area (Å²) in [5, 5.41) is 11.9. The minimum absolute atomic E-state index is 0.444. The Morgan fingerprint density at radius 2 is 1.89 bits per heavy atom. The molecule has 46 heavy (non-hydrogen) atoms. The Morgan fingerprint density at radius 3 is 2.43 bits per heavy atom. The van der Waals surface area contributed by atoms with Gasteiger partial charge in [-0.05, 0) is 121 Å². The first-order chi connectivity index (χ1) is 22.1. The number of nitrogens with zero attached hydrogens (tertiary/aromatic N) is 1. The Hall–Kier alpha value is -3.29. The Balaban J connectivity index is 0.00000176. The van der Waals surface area contributed by atoms with Crippen LogP contribution in [0.5, 0.6) is 0 Å². The minimum Gasteiger partial charge on any atom is -0.405 e. The predicted molar refractivity (Wildman–Crippen MR) is 207 cm³/mol. The highest BCUT2D eigenvalue weighted by Gasteiger charge is 2.25. The van der Waals surface area contributed by atoms with Crippen molar-refractivity contribution in [1.82, 2.24) is 10.2 Å². The molecule has 0 saturated heterocycles. The predicted octanol–water partition coefficient (Wildman–Crippen LogP) is 10.6. The molecule has 0 aliphatic heterocycles. The van der Waals surface area contributed by atoms with Crippen molar-refractivity contribution >= 4 is 5.71 Å². The molecule has 2 rings (SSSR count). The summed E-state index contributed by atoms with van der Waals surface area (Å²) in [6.45, 7) is 26.9. The molecular formula is C42H68N4. The molecule has 0 radical (unpaired) electrons. The van der Waals surface area contributed by atoms with Gasteiger partial charge in [0.2, 0.25) is 0 Å². The molecule has 256 valence electrons. The van der Waals surface area contributed by atoms with Gasteiger partial charge in [-0.25, -0.2) is 0 Å². The van der Waals surface area contributed by atoms with Crippen LogP contribution < -0.4 is 11.1 Å². The van der Waals surface area contributed by atoms with E-state index in [2.05, 4.69) is 113 Å². The topological polar surface area (TPSA) is 65.1 Å². The summed E-state index contributed by atoms with van der Waals surface area (Å²) >= 11 is 0. The van der Waals surface area contributed by atoms with Crippen LogP contribution in [-0.2, 0) is 0 Å². The van der Waals surface area contributed by atoms with E-state index in [1.54, 1.807) is 0 Å². The van der Waals surface area contributed by atoms with Gasteiger partial charge in [0.1, 0.15) is 0 Å². The van der Waals surface area contributed by atoms with Crippen molar-refractivity contribution in [2.45, 2.75) is 118 Å². The smallest absolute Gasteiger partial charge is 0.0522 e. The van der Waals surface area contributed by atoms with E-state index in [1.807, 2.05) is 13.0 Å². The van der Waals surface area contributed by atoms with Gasteiger partial charge in [0.15, 0.2) is 0 Å². The zero-order valence-electron chi connectivity index (χ0n) is 30.5. The molecule has 2 unspecified atom stereocenters. The average Bonchev–Trinajstić information content (AvgIpc) is 3.88. The quantitative estimate of drug-likeness (QED) is 0.0413. The van der Waals surface area contributed by atoms with Gasteiger partial charge in [-0.1, -0.05) is 81.2 Å². The van der Waals surface area contributed by atoms with Crippen LogP contribution >= 0.6 is 0 Å². The lowest BCUT2D eigenvalue weighted by molar-refractivity contribution is 0.356. The number of allylic oxidation sites excluding steroid dienone is 9. The molecular weight excluding hydrogens is 560 g/mol. The van der Waals surface area contributed by atoms with Gasteiger partial charge in [0.25, 0.3) is 0 Å². The molecule has 0 spiro atoms. The molecule has 2 aliphatic rings. The monoisotopic (exact) mass is 629 g/mol. The molecule has 4 N–H and O–H groups in total. The first-order valence-corrected chi connectivity index (χ1v) is 17.6. The van der Waals surface area contributed by atoms with Crippen molar-refractivity contribution in [3.8, 4) is 12.3 Å². The lowest BCUT2D eigenvalue weighted by Gasteiger charge is -2.28. The second-order valence-electron chi connectivity index (χ2n) is 12.7. The normalized spacial score (nSPS) is 16.8. The number of rotatable bonds is 20. The maximum atomic E-state index is 8.25. The summed E-state index contributed by atoms with van der Waals surface area (Å²) in [5.41, 5.74) is 11.8. The van der Waals surface area contributed by atoms with Gasteiger partial charge >= 0.3 is 0 Å². The summed E-state index contributed by atoms with van der Waals surface area (Å²) in [4.78, 5) is 2.48. The van der Waals surface area contributed by atoms with E-state index < -0.39 is 0 Å². The highest BCUT2D eigenvalue weighted by Crippen LogP contribution is 2.31. The third-order valence-electron chi connectivity index (χ3n) is 8.23. The van der Waals surface area contributed by atoms with Crippen LogP contribution in [0.15, 0.2) is 96.5 Å². The van der Waals surface area contributed by atoms with Gasteiger partial charge in [0, 0.05) is 36.8 Å². The van der Waals surface area contributed by atoms with E-state index >= 15 is 0 Å². The first kappa shape index (κ1) is 42.7. The maximum Gasteiger partial charge on any atom is 0.0522 e. The average molecular weight is 629 g/mol. The second-order valence-corrected chi connectivity index (χ2v) is 12.7. The number of nitrogens with one attached hydrogen (secondary N) is 2. The fourth-order valence-electron chi connectivity index (χ4n) is 5.01. The molecule has 1 fully saturated rings. The zero-order valence-corrected chi connectivity index (χ0v) is 30.5. The fourth-order valence-corrected chi connectivity index (χ4v) is 5.01. The number of hydrogen-bond donors (Lipinski definition) is 3. The third-order valence-corrected chi connectivity index (χ3v) is 8.23. The summed E-state index contributed by atoms with van der Waals surface area (Å²) < 4.78 is 0. The molecule has 2 atom stereocenters. The number of nitrogens with two attached hydrogens (primary N) is 1. The zero-order chi connectivity index (χ0) is 34.7. The molecule has 4 heteroatoms. The molecule has 0 heterocycles. The van der Waals surface area contributed by atoms with Crippen molar-refractivity contribution in [2.24, 2.45) is 17.6 Å². The minimum atomic E-state index is 0.444. The van der Waals surface area contributed by atoms with E-state index in [-0.39, 0.29) is 0 Å². The maximum absolute atomic E-state index is 8.25.